The molecule has 0 aromatic heterocycles. The molecule has 0 spiro atoms. The van der Waals surface area contributed by atoms with Crippen molar-refractivity contribution in [2.75, 3.05) is 0 Å². The van der Waals surface area contributed by atoms with Gasteiger partial charge in [-0.05, 0) is 58.7 Å². The molecule has 0 fully saturated rings. The van der Waals surface area contributed by atoms with Gasteiger partial charge in [0.2, 0.25) is 23.3 Å². The van der Waals surface area contributed by atoms with Gasteiger partial charge in [0.25, 0.3) is 0 Å². The van der Waals surface area contributed by atoms with E-state index in [1.807, 2.05) is 0 Å². The maximum atomic E-state index is 14.7. The van der Waals surface area contributed by atoms with E-state index in [0.29, 0.717) is 0 Å². The minimum Gasteiger partial charge on any atom is -0.202 e. The minimum atomic E-state index is -2.54. The Morgan fingerprint density at radius 3 is 0.541 bits per heavy atom. The Morgan fingerprint density at radius 2 is 0.338 bits per heavy atom. The SMILES string of the molecule is Fc1c(F)c(F)c(C#Cc2cc(Br)c(-c3cc(Br)c(-c4cc(C#Cc5c(F)c(F)c(F)c(F)c5F)c(C#Cc5c(F)c(F)c(F)c(F)c5F)cc4Br)cc3Br)cc2C#Cc2c(F)c(F)c(F)c(F)c2F)c(F)c1F. The molecule has 7 rings (SSSR count). The van der Waals surface area contributed by atoms with Crippen LogP contribution in [0, 0.1) is 164 Å². The van der Waals surface area contributed by atoms with Crippen LogP contribution < -0.4 is 0 Å². The molecule has 0 unspecified atom stereocenters. The fourth-order valence-corrected chi connectivity index (χ4v) is 8.54. The first kappa shape index (κ1) is 55.1. The number of hydrogen-bond donors (Lipinski definition) is 0. The topological polar surface area (TPSA) is 0 Å². The third kappa shape index (κ3) is 9.88. The summed E-state index contributed by atoms with van der Waals surface area (Å²) in [5.74, 6) is -32.9. The van der Waals surface area contributed by atoms with Gasteiger partial charge in [-0.15, -0.1) is 0 Å². The van der Waals surface area contributed by atoms with Gasteiger partial charge in [0.15, 0.2) is 93.1 Å². The molecule has 0 N–H and O–H groups in total. The summed E-state index contributed by atoms with van der Waals surface area (Å²) < 4.78 is 285. The third-order valence-corrected chi connectivity index (χ3v) is 12.6. The van der Waals surface area contributed by atoms with Gasteiger partial charge in [0, 0.05) is 40.1 Å². The Kier molecular flexibility index (Phi) is 15.8. The monoisotopic (exact) mass is 1300 g/mol. The largest absolute Gasteiger partial charge is 0.202 e. The Labute approximate surface area is 433 Å². The minimum absolute atomic E-state index is 0.0141. The van der Waals surface area contributed by atoms with Crippen molar-refractivity contribution in [1.82, 2.24) is 0 Å². The number of halogens is 24. The highest BCUT2D eigenvalue weighted by molar-refractivity contribution is 9.11. The van der Waals surface area contributed by atoms with Crippen LogP contribution in [0.5, 0.6) is 0 Å². The molecule has 0 saturated carbocycles. The number of rotatable bonds is 2. The molecule has 0 atom stereocenters. The standard InChI is InChI=1S/C50H6Br4F20/c51-27-11-17(3-7-21-35(59)43(67)49(73)44(68)36(21)60)15(1-5-19-31(55)39(63)47(71)40(64)32(19)56)9-23(27)25-13-30(54)26(14-29(25)53)24-10-16(2-6-20-33(57)41(65)48(72)42(66)34(20)58)18(12-28(24)52)4-8-22-37(61)45(69)50(74)46(70)38(22)62/h9-14H. The van der Waals surface area contributed by atoms with E-state index in [9.17, 15) is 87.8 Å². The first-order chi connectivity index (χ1) is 34.7. The van der Waals surface area contributed by atoms with Crippen LogP contribution in [-0.4, -0.2) is 0 Å². The number of hydrogen-bond acceptors (Lipinski definition) is 0. The smallest absolute Gasteiger partial charge is 0.200 e. The lowest BCUT2D eigenvalue weighted by atomic mass is 9.95. The average molecular weight is 1310 g/mol. The zero-order valence-electron chi connectivity index (χ0n) is 34.5. The third-order valence-electron chi connectivity index (χ3n) is 9.98. The van der Waals surface area contributed by atoms with Crippen molar-refractivity contribution in [3.05, 3.63) is 215 Å². The highest BCUT2D eigenvalue weighted by Crippen LogP contribution is 2.44. The van der Waals surface area contributed by atoms with Crippen molar-refractivity contribution in [3.63, 3.8) is 0 Å². The zero-order valence-corrected chi connectivity index (χ0v) is 40.9. The van der Waals surface area contributed by atoms with Gasteiger partial charge in [-0.25, -0.2) is 87.8 Å². The maximum absolute atomic E-state index is 14.7. The van der Waals surface area contributed by atoms with Crippen molar-refractivity contribution in [2.45, 2.75) is 0 Å². The summed E-state index contributed by atoms with van der Waals surface area (Å²) >= 11 is 13.1. The molecule has 7 aromatic rings. The van der Waals surface area contributed by atoms with E-state index in [4.69, 9.17) is 0 Å². The van der Waals surface area contributed by atoms with E-state index in [0.717, 1.165) is 24.3 Å². The summed E-state index contributed by atoms with van der Waals surface area (Å²) in [6.07, 6.45) is 0. The zero-order chi connectivity index (χ0) is 54.7. The molecular formula is C50H6Br4F20. The molecule has 0 saturated heterocycles. The van der Waals surface area contributed by atoms with Crippen molar-refractivity contribution in [2.24, 2.45) is 0 Å². The molecule has 7 aromatic carbocycles. The lowest BCUT2D eigenvalue weighted by molar-refractivity contribution is 0.376. The first-order valence-corrected chi connectivity index (χ1v) is 22.2. The Morgan fingerprint density at radius 1 is 0.189 bits per heavy atom. The molecule has 0 nitrogen and oxygen atoms in total. The molecule has 0 aliphatic carbocycles. The molecule has 0 heterocycles. The van der Waals surface area contributed by atoms with Crippen LogP contribution in [-0.2, 0) is 0 Å². The van der Waals surface area contributed by atoms with Gasteiger partial charge in [-0.3, -0.25) is 0 Å². The van der Waals surface area contributed by atoms with Crippen molar-refractivity contribution in [3.8, 4) is 69.6 Å². The molecule has 0 aliphatic rings. The maximum Gasteiger partial charge on any atom is 0.200 e. The van der Waals surface area contributed by atoms with E-state index >= 15 is 0 Å². The second kappa shape index (κ2) is 21.3. The van der Waals surface area contributed by atoms with Crippen LogP contribution in [0.3, 0.4) is 0 Å². The van der Waals surface area contributed by atoms with Gasteiger partial charge in [0.05, 0.1) is 0 Å². The Bertz CT molecular complexity index is 3570. The van der Waals surface area contributed by atoms with Crippen molar-refractivity contribution in [1.29, 1.82) is 0 Å². The quantitative estimate of drug-likeness (QED) is 0.0700. The number of benzene rings is 7. The lowest BCUT2D eigenvalue weighted by Crippen LogP contribution is -2.05. The first-order valence-electron chi connectivity index (χ1n) is 19.0. The van der Waals surface area contributed by atoms with Crippen molar-refractivity contribution < 1.29 is 87.8 Å². The summed E-state index contributed by atoms with van der Waals surface area (Å²) in [6, 6.07) is 6.68. The van der Waals surface area contributed by atoms with Gasteiger partial charge in [0.1, 0.15) is 22.3 Å². The second-order valence-electron chi connectivity index (χ2n) is 14.3. The Balaban J connectivity index is 1.43. The lowest BCUT2D eigenvalue weighted by Gasteiger charge is -2.15. The molecule has 24 heteroatoms. The summed E-state index contributed by atoms with van der Waals surface area (Å²) in [4.78, 5) is 0. The molecule has 0 bridgehead atoms. The van der Waals surface area contributed by atoms with Crippen LogP contribution >= 0.6 is 63.7 Å². The van der Waals surface area contributed by atoms with Gasteiger partial charge in [-0.1, -0.05) is 111 Å². The van der Waals surface area contributed by atoms with Crippen LogP contribution in [0.15, 0.2) is 54.3 Å². The second-order valence-corrected chi connectivity index (χ2v) is 17.8. The van der Waals surface area contributed by atoms with Gasteiger partial charge < -0.3 is 0 Å². The van der Waals surface area contributed by atoms with Gasteiger partial charge in [-0.2, -0.15) is 0 Å². The van der Waals surface area contributed by atoms with E-state index in [2.05, 4.69) is 87.4 Å². The summed E-state index contributed by atoms with van der Waals surface area (Å²) in [7, 11) is 0. The Hall–Kier alpha value is -6.70. The van der Waals surface area contributed by atoms with Crippen molar-refractivity contribution >= 4 is 63.7 Å². The van der Waals surface area contributed by atoms with Crippen LogP contribution in [0.1, 0.15) is 44.5 Å². The fraction of sp³-hybridized carbons (Fsp3) is 0. The van der Waals surface area contributed by atoms with E-state index in [1.165, 1.54) is 12.1 Å². The predicted molar refractivity (Wildman–Crippen MR) is 237 cm³/mol. The molecule has 74 heavy (non-hydrogen) atoms. The molecule has 0 aliphatic heterocycles. The summed E-state index contributed by atoms with van der Waals surface area (Å²) in [5, 5.41) is 0. The summed E-state index contributed by atoms with van der Waals surface area (Å²) in [5.41, 5.74) is -8.63. The van der Waals surface area contributed by atoms with E-state index < -0.39 is 161 Å². The van der Waals surface area contributed by atoms with E-state index in [-0.39, 0.29) is 40.1 Å². The highest BCUT2D eigenvalue weighted by atomic mass is 79.9. The van der Waals surface area contributed by atoms with Gasteiger partial charge >= 0.3 is 0 Å². The molecule has 0 amide bonds. The summed E-state index contributed by atoms with van der Waals surface area (Å²) in [6.45, 7) is 0. The van der Waals surface area contributed by atoms with Crippen LogP contribution in [0.4, 0.5) is 87.8 Å². The average Bonchev–Trinajstić information content (AvgIpc) is 3.37. The fourth-order valence-electron chi connectivity index (χ4n) is 6.31. The molecular weight excluding hydrogens is 1300 g/mol. The van der Waals surface area contributed by atoms with Crippen LogP contribution in [0.2, 0.25) is 0 Å². The van der Waals surface area contributed by atoms with Crippen LogP contribution in [0.25, 0.3) is 22.3 Å². The van der Waals surface area contributed by atoms with E-state index in [1.54, 1.807) is 23.7 Å². The normalized spacial score (nSPS) is 10.8. The molecule has 374 valence electrons. The highest BCUT2D eigenvalue weighted by Gasteiger charge is 2.29. The molecule has 0 radical (unpaired) electrons. The predicted octanol–water partition coefficient (Wildman–Crippen LogP) is 16.5.